The molecule has 1 aromatic carbocycles. The summed E-state index contributed by atoms with van der Waals surface area (Å²) in [5.74, 6) is 0.0912. The normalized spacial score (nSPS) is 26.5. The molecule has 2 saturated carbocycles. The molecule has 36 heavy (non-hydrogen) atoms. The number of nitrogens with zero attached hydrogens (tertiary/aromatic N) is 1. The predicted octanol–water partition coefficient (Wildman–Crippen LogP) is 7.50. The van der Waals surface area contributed by atoms with Gasteiger partial charge in [-0.2, -0.15) is 26.3 Å². The molecule has 9 heteroatoms. The van der Waals surface area contributed by atoms with Crippen LogP contribution in [0.5, 0.6) is 0 Å². The Morgan fingerprint density at radius 2 is 1.53 bits per heavy atom. The number of halogens is 6. The lowest BCUT2D eigenvalue weighted by Crippen LogP contribution is -2.38. The van der Waals surface area contributed by atoms with Crippen LogP contribution in [0.25, 0.3) is 0 Å². The van der Waals surface area contributed by atoms with Gasteiger partial charge in [-0.25, -0.2) is 0 Å². The van der Waals surface area contributed by atoms with E-state index in [1.54, 1.807) is 13.8 Å². The average molecular weight is 512 g/mol. The molecule has 2 heterocycles. The number of aliphatic hydroxyl groups is 1. The first kappa shape index (κ1) is 24.2. The van der Waals surface area contributed by atoms with Crippen LogP contribution in [0, 0.1) is 5.41 Å². The molecule has 4 aliphatic rings. The van der Waals surface area contributed by atoms with E-state index >= 15 is 0 Å². The van der Waals surface area contributed by atoms with Crippen LogP contribution in [0.2, 0.25) is 0 Å². The van der Waals surface area contributed by atoms with E-state index in [9.17, 15) is 31.4 Å². The Bertz CT molecular complexity index is 1210. The first-order valence-corrected chi connectivity index (χ1v) is 12.4. The van der Waals surface area contributed by atoms with E-state index in [1.807, 2.05) is 0 Å². The third kappa shape index (κ3) is 3.76. The molecule has 2 fully saturated rings. The minimum absolute atomic E-state index is 0.0279. The SMILES string of the molecule is CC1(C)O[C@H](c2cc(C(F)(F)F)cc(C(F)(F)F)c2)c2c1nc1c(c2C2CC2)[C@@H](O)CC2(CCC2)C1. The molecule has 3 aliphatic carbocycles. The van der Waals surface area contributed by atoms with E-state index < -0.39 is 41.3 Å². The van der Waals surface area contributed by atoms with Crippen LogP contribution in [0.4, 0.5) is 26.3 Å². The molecule has 1 aromatic heterocycles. The van der Waals surface area contributed by atoms with Crippen LogP contribution in [-0.2, 0) is 29.1 Å². The lowest BCUT2D eigenvalue weighted by atomic mass is 9.59. The number of alkyl halides is 6. The molecular weight excluding hydrogens is 484 g/mol. The lowest BCUT2D eigenvalue weighted by Gasteiger charge is -2.47. The van der Waals surface area contributed by atoms with Gasteiger partial charge in [-0.05, 0) is 93.0 Å². The Hall–Kier alpha value is -2.13. The summed E-state index contributed by atoms with van der Waals surface area (Å²) in [4.78, 5) is 4.93. The van der Waals surface area contributed by atoms with Gasteiger partial charge in [0.2, 0.25) is 0 Å². The minimum atomic E-state index is -4.95. The van der Waals surface area contributed by atoms with Gasteiger partial charge in [-0.1, -0.05) is 6.42 Å². The van der Waals surface area contributed by atoms with Crippen molar-refractivity contribution in [2.45, 2.75) is 94.9 Å². The van der Waals surface area contributed by atoms with Crippen LogP contribution in [0.3, 0.4) is 0 Å². The summed E-state index contributed by atoms with van der Waals surface area (Å²) in [6, 6.07) is 1.64. The van der Waals surface area contributed by atoms with E-state index in [2.05, 4.69) is 0 Å². The maximum atomic E-state index is 13.6. The molecule has 0 amide bonds. The van der Waals surface area contributed by atoms with Gasteiger partial charge in [0.05, 0.1) is 22.9 Å². The fourth-order valence-corrected chi connectivity index (χ4v) is 6.50. The lowest BCUT2D eigenvalue weighted by molar-refractivity contribution is -0.143. The number of benzene rings is 1. The molecule has 0 saturated heterocycles. The topological polar surface area (TPSA) is 42.4 Å². The fraction of sp³-hybridized carbons (Fsp3) is 0.593. The van der Waals surface area contributed by atoms with E-state index in [4.69, 9.17) is 9.72 Å². The Morgan fingerprint density at radius 3 is 2.03 bits per heavy atom. The Kier molecular flexibility index (Phi) is 5.02. The van der Waals surface area contributed by atoms with Crippen LogP contribution >= 0.6 is 0 Å². The molecule has 2 aromatic rings. The molecule has 2 atom stereocenters. The summed E-state index contributed by atoms with van der Waals surface area (Å²) in [6.07, 6.45) is -5.60. The van der Waals surface area contributed by atoms with Crippen molar-refractivity contribution >= 4 is 0 Å². The highest BCUT2D eigenvalue weighted by molar-refractivity contribution is 5.54. The Balaban J connectivity index is 1.57. The summed E-state index contributed by atoms with van der Waals surface area (Å²) in [5, 5.41) is 11.3. The standard InChI is InChI=1S/C27H27F6NO2/c1-24(2)23-21(22(36-24)14-8-15(26(28,29)30)10-16(9-14)27(31,32)33)19(13-4-5-13)20-17(34-23)11-25(6-3-7-25)12-18(20)35/h8-10,13,18,22,35H,3-7,11-12H2,1-2H3/t18-,22+/m0/s1. The molecule has 3 nitrogen and oxygen atoms in total. The first-order valence-electron chi connectivity index (χ1n) is 12.4. The van der Waals surface area contributed by atoms with E-state index in [0.717, 1.165) is 67.5 Å². The van der Waals surface area contributed by atoms with E-state index in [-0.39, 0.29) is 23.0 Å². The number of rotatable bonds is 2. The number of fused-ring (bicyclic) bond motifs is 2. The van der Waals surface area contributed by atoms with Gasteiger partial charge < -0.3 is 9.84 Å². The second-order valence-electron chi connectivity index (χ2n) is 11.5. The maximum absolute atomic E-state index is 13.6. The number of hydrogen-bond acceptors (Lipinski definition) is 3. The largest absolute Gasteiger partial charge is 0.416 e. The van der Waals surface area contributed by atoms with Crippen molar-refractivity contribution < 1.29 is 36.2 Å². The van der Waals surface area contributed by atoms with Crippen molar-refractivity contribution in [2.75, 3.05) is 0 Å². The average Bonchev–Trinajstić information content (AvgIpc) is 3.55. The summed E-state index contributed by atoms with van der Waals surface area (Å²) in [6.45, 7) is 3.50. The van der Waals surface area contributed by atoms with Crippen LogP contribution in [0.1, 0.15) is 115 Å². The second kappa shape index (κ2) is 7.47. The zero-order valence-corrected chi connectivity index (χ0v) is 20.0. The van der Waals surface area contributed by atoms with Crippen molar-refractivity contribution in [3.63, 3.8) is 0 Å². The van der Waals surface area contributed by atoms with Gasteiger partial charge in [0.25, 0.3) is 0 Å². The summed E-state index contributed by atoms with van der Waals surface area (Å²) in [5.41, 5.74) is -0.456. The fourth-order valence-electron chi connectivity index (χ4n) is 6.50. The number of aliphatic hydroxyl groups excluding tert-OH is 1. The van der Waals surface area contributed by atoms with Crippen molar-refractivity contribution in [1.29, 1.82) is 0 Å². The molecular formula is C27H27F6NO2. The molecule has 1 spiro atoms. The van der Waals surface area contributed by atoms with Gasteiger partial charge in [0.1, 0.15) is 11.7 Å². The Labute approximate surface area is 204 Å². The number of pyridine rings is 1. The minimum Gasteiger partial charge on any atom is -0.388 e. The van der Waals surface area contributed by atoms with Crippen LogP contribution in [0.15, 0.2) is 18.2 Å². The molecule has 6 rings (SSSR count). The first-order chi connectivity index (χ1) is 16.7. The zero-order chi connectivity index (χ0) is 25.8. The number of hydrogen-bond donors (Lipinski definition) is 1. The number of aromatic nitrogens is 1. The zero-order valence-electron chi connectivity index (χ0n) is 20.0. The monoisotopic (exact) mass is 511 g/mol. The quantitative estimate of drug-likeness (QED) is 0.425. The number of ether oxygens (including phenoxy) is 1. The van der Waals surface area contributed by atoms with Gasteiger partial charge in [0.15, 0.2) is 0 Å². The summed E-state index contributed by atoms with van der Waals surface area (Å²) in [7, 11) is 0. The van der Waals surface area contributed by atoms with E-state index in [0.29, 0.717) is 17.7 Å². The smallest absolute Gasteiger partial charge is 0.388 e. The van der Waals surface area contributed by atoms with Crippen molar-refractivity contribution in [3.8, 4) is 0 Å². The van der Waals surface area contributed by atoms with Crippen LogP contribution in [-0.4, -0.2) is 10.1 Å². The third-order valence-corrected chi connectivity index (χ3v) is 8.45. The van der Waals surface area contributed by atoms with Gasteiger partial charge >= 0.3 is 12.4 Å². The van der Waals surface area contributed by atoms with Gasteiger partial charge in [-0.15, -0.1) is 0 Å². The predicted molar refractivity (Wildman–Crippen MR) is 118 cm³/mol. The summed E-state index contributed by atoms with van der Waals surface area (Å²) < 4.78 is 88.0. The van der Waals surface area contributed by atoms with Gasteiger partial charge in [0, 0.05) is 16.8 Å². The molecule has 194 valence electrons. The van der Waals surface area contributed by atoms with Crippen LogP contribution < -0.4 is 0 Å². The maximum Gasteiger partial charge on any atom is 0.416 e. The molecule has 1 N–H and O–H groups in total. The molecule has 0 bridgehead atoms. The summed E-state index contributed by atoms with van der Waals surface area (Å²) >= 11 is 0. The second-order valence-corrected chi connectivity index (χ2v) is 11.5. The molecule has 1 aliphatic heterocycles. The highest BCUT2D eigenvalue weighted by atomic mass is 19.4. The highest BCUT2D eigenvalue weighted by Gasteiger charge is 2.51. The van der Waals surface area contributed by atoms with E-state index in [1.165, 1.54) is 0 Å². The van der Waals surface area contributed by atoms with Crippen molar-refractivity contribution in [1.82, 2.24) is 4.98 Å². The molecule has 0 unspecified atom stereocenters. The molecule has 0 radical (unpaired) electrons. The third-order valence-electron chi connectivity index (χ3n) is 8.45. The highest BCUT2D eigenvalue weighted by Crippen LogP contribution is 2.60. The van der Waals surface area contributed by atoms with Gasteiger partial charge in [-0.3, -0.25) is 4.98 Å². The van der Waals surface area contributed by atoms with Crippen molar-refractivity contribution in [3.05, 3.63) is 63.0 Å². The van der Waals surface area contributed by atoms with Crippen molar-refractivity contribution in [2.24, 2.45) is 5.41 Å². The Morgan fingerprint density at radius 1 is 0.917 bits per heavy atom.